The van der Waals surface area contributed by atoms with Gasteiger partial charge in [0, 0.05) is 23.4 Å². The van der Waals surface area contributed by atoms with Gasteiger partial charge in [0.2, 0.25) is 0 Å². The van der Waals surface area contributed by atoms with Gasteiger partial charge in [-0.1, -0.05) is 44.2 Å². The van der Waals surface area contributed by atoms with E-state index in [0.29, 0.717) is 6.61 Å². The molecule has 0 aliphatic heterocycles. The summed E-state index contributed by atoms with van der Waals surface area (Å²) in [5.74, 6) is -0.474. The predicted octanol–water partition coefficient (Wildman–Crippen LogP) is 5.40. The van der Waals surface area contributed by atoms with Crippen LogP contribution in [0.25, 0.3) is 22.7 Å². The largest absolute Gasteiger partial charge is 0.463 e. The zero-order valence-corrected chi connectivity index (χ0v) is 16.2. The Labute approximate surface area is 164 Å². The van der Waals surface area contributed by atoms with Crippen LogP contribution in [-0.2, 0) is 9.53 Å². The maximum Gasteiger partial charge on any atom is 0.330 e. The van der Waals surface area contributed by atoms with Crippen LogP contribution in [-0.4, -0.2) is 22.2 Å². The summed E-state index contributed by atoms with van der Waals surface area (Å²) < 4.78 is 20.2. The van der Waals surface area contributed by atoms with Gasteiger partial charge in [0.1, 0.15) is 5.82 Å². The van der Waals surface area contributed by atoms with E-state index in [-0.39, 0.29) is 17.7 Å². The smallest absolute Gasteiger partial charge is 0.330 e. The number of benzene rings is 1. The Balaban J connectivity index is 2.15. The fourth-order valence-corrected chi connectivity index (χ4v) is 3.08. The minimum Gasteiger partial charge on any atom is -0.463 e. The van der Waals surface area contributed by atoms with E-state index in [2.05, 4.69) is 13.8 Å². The Morgan fingerprint density at radius 2 is 1.96 bits per heavy atom. The zero-order valence-electron chi connectivity index (χ0n) is 16.2. The van der Waals surface area contributed by atoms with Crippen LogP contribution >= 0.6 is 0 Å². The molecule has 4 nitrogen and oxygen atoms in total. The molecule has 0 aliphatic rings. The first-order valence-electron chi connectivity index (χ1n) is 9.30. The fraction of sp³-hybridized carbons (Fsp3) is 0.217. The van der Waals surface area contributed by atoms with Crippen molar-refractivity contribution in [2.75, 3.05) is 6.61 Å². The number of rotatable bonds is 6. The lowest BCUT2D eigenvalue weighted by molar-refractivity contribution is -0.137. The van der Waals surface area contributed by atoms with E-state index < -0.39 is 0 Å². The maximum atomic E-state index is 13.5. The molecule has 1 aromatic carbocycles. The summed E-state index contributed by atoms with van der Waals surface area (Å²) in [6.07, 6.45) is 8.67. The van der Waals surface area contributed by atoms with Gasteiger partial charge in [-0.3, -0.25) is 0 Å². The summed E-state index contributed by atoms with van der Waals surface area (Å²) in [5, 5.41) is 4.76. The second-order valence-electron chi connectivity index (χ2n) is 6.64. The van der Waals surface area contributed by atoms with Crippen LogP contribution in [0.2, 0.25) is 0 Å². The van der Waals surface area contributed by atoms with E-state index in [0.717, 1.165) is 27.9 Å². The van der Waals surface area contributed by atoms with Crippen molar-refractivity contribution in [1.29, 1.82) is 0 Å². The van der Waals surface area contributed by atoms with E-state index in [1.54, 1.807) is 31.2 Å². The Morgan fingerprint density at radius 1 is 1.21 bits per heavy atom. The van der Waals surface area contributed by atoms with E-state index in [1.807, 2.05) is 28.9 Å². The monoisotopic (exact) mass is 378 g/mol. The third kappa shape index (κ3) is 4.19. The number of aromatic nitrogens is 2. The molecule has 0 radical (unpaired) electrons. The molecule has 0 fully saturated rings. The first-order chi connectivity index (χ1) is 13.5. The molecule has 0 atom stereocenters. The number of carbonyl (C=O) groups is 1. The van der Waals surface area contributed by atoms with Crippen molar-refractivity contribution in [3.8, 4) is 11.1 Å². The molecule has 3 aromatic rings. The minimum atomic E-state index is -0.379. The quantitative estimate of drug-likeness (QED) is 0.328. The van der Waals surface area contributed by atoms with Gasteiger partial charge >= 0.3 is 5.97 Å². The molecule has 144 valence electrons. The average Bonchev–Trinajstić information content (AvgIpc) is 3.13. The number of esters is 1. The van der Waals surface area contributed by atoms with E-state index >= 15 is 0 Å². The Kier molecular flexibility index (Phi) is 6.04. The number of ether oxygens (including phenoxy) is 1. The van der Waals surface area contributed by atoms with Crippen LogP contribution < -0.4 is 0 Å². The van der Waals surface area contributed by atoms with Gasteiger partial charge in [0.05, 0.1) is 17.8 Å². The second kappa shape index (κ2) is 8.65. The molecule has 2 heterocycles. The van der Waals surface area contributed by atoms with Crippen molar-refractivity contribution in [3.05, 3.63) is 77.9 Å². The van der Waals surface area contributed by atoms with Crippen LogP contribution in [0.15, 0.2) is 60.8 Å². The first-order valence-corrected chi connectivity index (χ1v) is 9.30. The molecular weight excluding hydrogens is 355 g/mol. The second-order valence-corrected chi connectivity index (χ2v) is 6.64. The Morgan fingerprint density at radius 3 is 2.64 bits per heavy atom. The predicted molar refractivity (Wildman–Crippen MR) is 109 cm³/mol. The molecule has 0 N–H and O–H groups in total. The zero-order chi connectivity index (χ0) is 20.1. The van der Waals surface area contributed by atoms with Crippen molar-refractivity contribution in [2.24, 2.45) is 0 Å². The van der Waals surface area contributed by atoms with Crippen molar-refractivity contribution in [3.63, 3.8) is 0 Å². The van der Waals surface area contributed by atoms with E-state index in [4.69, 9.17) is 9.84 Å². The number of hydrogen-bond acceptors (Lipinski definition) is 3. The molecule has 0 spiro atoms. The van der Waals surface area contributed by atoms with Gasteiger partial charge in [0.15, 0.2) is 0 Å². The summed E-state index contributed by atoms with van der Waals surface area (Å²) in [6.45, 7) is 6.27. The van der Waals surface area contributed by atoms with Crippen molar-refractivity contribution < 1.29 is 13.9 Å². The summed E-state index contributed by atoms with van der Waals surface area (Å²) in [6, 6.07) is 10.4. The maximum absolute atomic E-state index is 13.5. The van der Waals surface area contributed by atoms with Crippen molar-refractivity contribution in [1.82, 2.24) is 9.61 Å². The number of nitrogens with zero attached hydrogens (tertiary/aromatic N) is 2. The number of fused-ring (bicyclic) bond motifs is 1. The van der Waals surface area contributed by atoms with Crippen LogP contribution in [0.1, 0.15) is 37.9 Å². The lowest BCUT2D eigenvalue weighted by Gasteiger charge is -2.16. The molecule has 0 aliphatic carbocycles. The molecule has 0 saturated carbocycles. The summed E-state index contributed by atoms with van der Waals surface area (Å²) in [5.41, 5.74) is 4.68. The molecule has 0 amide bonds. The van der Waals surface area contributed by atoms with Gasteiger partial charge in [-0.15, -0.1) is 0 Å². The molecular formula is C23H23FN2O2. The molecule has 2 aromatic heterocycles. The number of hydrogen-bond donors (Lipinski definition) is 0. The average molecular weight is 378 g/mol. The highest BCUT2D eigenvalue weighted by Gasteiger charge is 2.17. The van der Waals surface area contributed by atoms with E-state index in [1.165, 1.54) is 18.2 Å². The summed E-state index contributed by atoms with van der Waals surface area (Å²) >= 11 is 0. The molecule has 5 heteroatoms. The SMILES string of the molecule is CCOC(=O)/C=C/C=C/c1c(C(C)C)nn2cccc2c1-c1ccc(F)cc1. The molecule has 0 unspecified atom stereocenters. The molecule has 3 rings (SSSR count). The van der Waals surface area contributed by atoms with Crippen LogP contribution in [0.5, 0.6) is 0 Å². The lowest BCUT2D eigenvalue weighted by atomic mass is 9.94. The third-order valence-electron chi connectivity index (χ3n) is 4.32. The topological polar surface area (TPSA) is 43.6 Å². The van der Waals surface area contributed by atoms with Gasteiger partial charge in [-0.05, 0) is 42.7 Å². The molecule has 28 heavy (non-hydrogen) atoms. The third-order valence-corrected chi connectivity index (χ3v) is 4.32. The summed E-state index contributed by atoms with van der Waals surface area (Å²) in [7, 11) is 0. The van der Waals surface area contributed by atoms with Gasteiger partial charge in [-0.2, -0.15) is 5.10 Å². The Hall–Kier alpha value is -3.21. The Bertz CT molecular complexity index is 1030. The van der Waals surface area contributed by atoms with Gasteiger partial charge in [0.25, 0.3) is 0 Å². The van der Waals surface area contributed by atoms with Crippen LogP contribution in [0, 0.1) is 5.82 Å². The van der Waals surface area contributed by atoms with Gasteiger partial charge < -0.3 is 4.74 Å². The van der Waals surface area contributed by atoms with Gasteiger partial charge in [-0.25, -0.2) is 13.7 Å². The highest BCUT2D eigenvalue weighted by atomic mass is 19.1. The fourth-order valence-electron chi connectivity index (χ4n) is 3.08. The van der Waals surface area contributed by atoms with Crippen LogP contribution in [0.3, 0.4) is 0 Å². The normalized spacial score (nSPS) is 11.9. The van der Waals surface area contributed by atoms with Crippen LogP contribution in [0.4, 0.5) is 4.39 Å². The number of halogens is 1. The summed E-state index contributed by atoms with van der Waals surface area (Å²) in [4.78, 5) is 11.5. The highest BCUT2D eigenvalue weighted by Crippen LogP contribution is 2.34. The molecule has 0 bridgehead atoms. The number of allylic oxidation sites excluding steroid dienone is 2. The molecule has 0 saturated heterocycles. The van der Waals surface area contributed by atoms with Crippen molar-refractivity contribution in [2.45, 2.75) is 26.7 Å². The standard InChI is InChI=1S/C23H23FN2O2/c1-4-28-21(27)10-6-5-8-19-22(17-11-13-18(24)14-12-17)20-9-7-15-26(20)25-23(19)16(2)3/h5-16H,4H2,1-3H3/b8-5+,10-6+. The number of carbonyl (C=O) groups excluding carboxylic acids is 1. The minimum absolute atomic E-state index is 0.180. The van der Waals surface area contributed by atoms with E-state index in [9.17, 15) is 9.18 Å². The highest BCUT2D eigenvalue weighted by molar-refractivity contribution is 5.89. The first kappa shape index (κ1) is 19.5. The lowest BCUT2D eigenvalue weighted by Crippen LogP contribution is -2.05. The van der Waals surface area contributed by atoms with Crippen molar-refractivity contribution >= 4 is 17.6 Å².